The first-order valence-electron chi connectivity index (χ1n) is 8.50. The second-order valence-electron chi connectivity index (χ2n) is 6.64. The molecule has 0 unspecified atom stereocenters. The van der Waals surface area contributed by atoms with E-state index >= 15 is 0 Å². The Kier molecular flexibility index (Phi) is 3.86. The lowest BCUT2D eigenvalue weighted by molar-refractivity contribution is 0.174. The molecule has 1 aliphatic heterocycles. The maximum Gasteiger partial charge on any atom is 0.231 e. The monoisotopic (exact) mass is 345 g/mol. The molecule has 25 heavy (non-hydrogen) atoms. The van der Waals surface area contributed by atoms with Crippen LogP contribution in [0.3, 0.4) is 0 Å². The summed E-state index contributed by atoms with van der Waals surface area (Å²) in [6, 6.07) is 8.01. The minimum absolute atomic E-state index is 0. The number of phenols is 1. The van der Waals surface area contributed by atoms with Gasteiger partial charge in [-0.2, -0.15) is 0 Å². The van der Waals surface area contributed by atoms with Crippen LogP contribution in [-0.2, 0) is 0 Å². The second kappa shape index (κ2) is 6.06. The van der Waals surface area contributed by atoms with Crippen LogP contribution in [0, 0.1) is 0 Å². The lowest BCUT2D eigenvalue weighted by atomic mass is 9.74. The molecule has 0 radical (unpaired) electrons. The molecule has 5 heteroatoms. The Bertz CT molecular complexity index is 795. The fourth-order valence-corrected chi connectivity index (χ4v) is 3.89. The quantitative estimate of drug-likeness (QED) is 0.893. The summed E-state index contributed by atoms with van der Waals surface area (Å²) < 4.78 is 21.8. The SMILES string of the molecule is COc1cc([C@H]2CC[C@H](C)c3cc4c(cc32)OCO4)cc(OC)c1O.[2HH]. The average Bonchev–Trinajstić information content (AvgIpc) is 3.08. The predicted octanol–water partition coefficient (Wildman–Crippen LogP) is 4.41. The molecule has 2 aliphatic rings. The van der Waals surface area contributed by atoms with Gasteiger partial charge in [0.2, 0.25) is 12.5 Å². The second-order valence-corrected chi connectivity index (χ2v) is 6.64. The highest BCUT2D eigenvalue weighted by atomic mass is 16.7. The van der Waals surface area contributed by atoms with E-state index in [0.29, 0.717) is 17.4 Å². The summed E-state index contributed by atoms with van der Waals surface area (Å²) in [6.45, 7) is 2.52. The van der Waals surface area contributed by atoms with Crippen molar-refractivity contribution in [2.75, 3.05) is 21.0 Å². The molecule has 2 aromatic rings. The van der Waals surface area contributed by atoms with E-state index in [1.165, 1.54) is 11.1 Å². The number of methoxy groups -OCH3 is 2. The molecule has 0 aromatic heterocycles. The molecule has 0 bridgehead atoms. The van der Waals surface area contributed by atoms with Gasteiger partial charge in [-0.1, -0.05) is 6.92 Å². The molecular weight excluding hydrogens is 320 g/mol. The van der Waals surface area contributed by atoms with Crippen molar-refractivity contribution >= 4 is 0 Å². The minimum Gasteiger partial charge on any atom is -0.502 e. The summed E-state index contributed by atoms with van der Waals surface area (Å²) in [7, 11) is 3.10. The zero-order valence-corrected chi connectivity index (χ0v) is 14.7. The highest BCUT2D eigenvalue weighted by molar-refractivity contribution is 5.58. The van der Waals surface area contributed by atoms with Crippen molar-refractivity contribution in [1.29, 1.82) is 0 Å². The maximum atomic E-state index is 10.2. The number of benzene rings is 2. The molecule has 134 valence electrons. The lowest BCUT2D eigenvalue weighted by Crippen LogP contribution is -2.14. The van der Waals surface area contributed by atoms with Crippen LogP contribution in [0.25, 0.3) is 0 Å². The minimum atomic E-state index is 0. The van der Waals surface area contributed by atoms with Gasteiger partial charge in [-0.3, -0.25) is 0 Å². The van der Waals surface area contributed by atoms with E-state index in [4.69, 9.17) is 18.9 Å². The number of ether oxygens (including phenoxy) is 4. The third kappa shape index (κ3) is 2.54. The van der Waals surface area contributed by atoms with Gasteiger partial charge in [-0.25, -0.2) is 0 Å². The van der Waals surface area contributed by atoms with Gasteiger partial charge in [0.15, 0.2) is 23.0 Å². The summed E-state index contributed by atoms with van der Waals surface area (Å²) in [5.41, 5.74) is 3.61. The summed E-state index contributed by atoms with van der Waals surface area (Å²) in [5, 5.41) is 10.2. The highest BCUT2D eigenvalue weighted by Crippen LogP contribution is 2.49. The van der Waals surface area contributed by atoms with Crippen LogP contribution in [-0.4, -0.2) is 26.1 Å². The number of phenolic OH excluding ortho intramolecular Hbond substituents is 1. The Balaban J connectivity index is 0.00000196. The fourth-order valence-electron chi connectivity index (χ4n) is 3.89. The standard InChI is InChI=1S/C20H22O5.H2/c1-11-4-5-13(12-6-18(22-2)20(21)19(7-12)23-3)15-9-17-16(8-14(11)15)24-10-25-17;/h6-9,11,13,21H,4-5,10H2,1-3H3;1H/t11-,13+;/m0./s1/i;1+1. The largest absolute Gasteiger partial charge is 0.502 e. The van der Waals surface area contributed by atoms with E-state index in [0.717, 1.165) is 29.9 Å². The van der Waals surface area contributed by atoms with E-state index < -0.39 is 0 Å². The van der Waals surface area contributed by atoms with Gasteiger partial charge >= 0.3 is 0 Å². The van der Waals surface area contributed by atoms with Gasteiger partial charge < -0.3 is 24.1 Å². The van der Waals surface area contributed by atoms with Crippen LogP contribution in [0.5, 0.6) is 28.7 Å². The first-order chi connectivity index (χ1) is 12.1. The molecule has 0 saturated carbocycles. The number of rotatable bonds is 3. The van der Waals surface area contributed by atoms with Gasteiger partial charge in [-0.05, 0) is 59.7 Å². The third-order valence-electron chi connectivity index (χ3n) is 5.28. The molecule has 0 spiro atoms. The average molecular weight is 345 g/mol. The van der Waals surface area contributed by atoms with Gasteiger partial charge in [-0.15, -0.1) is 0 Å². The van der Waals surface area contributed by atoms with Crippen molar-refractivity contribution in [3.8, 4) is 28.7 Å². The van der Waals surface area contributed by atoms with Crippen molar-refractivity contribution in [2.24, 2.45) is 0 Å². The third-order valence-corrected chi connectivity index (χ3v) is 5.28. The van der Waals surface area contributed by atoms with Crippen LogP contribution in [0.4, 0.5) is 0 Å². The van der Waals surface area contributed by atoms with E-state index in [9.17, 15) is 5.11 Å². The Morgan fingerprint density at radius 1 is 0.960 bits per heavy atom. The lowest BCUT2D eigenvalue weighted by Gasteiger charge is -2.31. The van der Waals surface area contributed by atoms with Crippen molar-refractivity contribution in [2.45, 2.75) is 31.6 Å². The predicted molar refractivity (Wildman–Crippen MR) is 95.4 cm³/mol. The molecule has 1 aliphatic carbocycles. The zero-order valence-electron chi connectivity index (χ0n) is 14.7. The molecule has 4 rings (SSSR count). The molecule has 0 fully saturated rings. The molecule has 5 nitrogen and oxygen atoms in total. The molecule has 1 heterocycles. The van der Waals surface area contributed by atoms with Gasteiger partial charge in [0.25, 0.3) is 0 Å². The molecule has 0 saturated heterocycles. The molecule has 0 amide bonds. The van der Waals surface area contributed by atoms with Crippen molar-refractivity contribution < 1.29 is 25.5 Å². The molecule has 2 atom stereocenters. The Morgan fingerprint density at radius 3 is 2.16 bits per heavy atom. The summed E-state index contributed by atoms with van der Waals surface area (Å²) >= 11 is 0. The molecule has 1 N–H and O–H groups in total. The number of hydrogen-bond acceptors (Lipinski definition) is 5. The molecular formula is C20H24O5. The Labute approximate surface area is 148 Å². The van der Waals surface area contributed by atoms with Crippen LogP contribution in [0.15, 0.2) is 24.3 Å². The molecule has 2 aromatic carbocycles. The van der Waals surface area contributed by atoms with Crippen molar-refractivity contribution in [3.63, 3.8) is 0 Å². The van der Waals surface area contributed by atoms with E-state index in [-0.39, 0.29) is 19.9 Å². The van der Waals surface area contributed by atoms with Crippen LogP contribution in [0.1, 0.15) is 49.7 Å². The first kappa shape index (κ1) is 15.9. The summed E-state index contributed by atoms with van der Waals surface area (Å²) in [6.07, 6.45) is 2.10. The highest BCUT2D eigenvalue weighted by Gasteiger charge is 2.30. The van der Waals surface area contributed by atoms with E-state index in [1.54, 1.807) is 14.2 Å². The number of hydrogen-bond donors (Lipinski definition) is 1. The Morgan fingerprint density at radius 2 is 1.56 bits per heavy atom. The zero-order chi connectivity index (χ0) is 17.6. The fraction of sp³-hybridized carbons (Fsp3) is 0.400. The van der Waals surface area contributed by atoms with E-state index in [2.05, 4.69) is 19.1 Å². The first-order valence-corrected chi connectivity index (χ1v) is 8.50. The van der Waals surface area contributed by atoms with Gasteiger partial charge in [0, 0.05) is 7.34 Å². The van der Waals surface area contributed by atoms with Gasteiger partial charge in [0.1, 0.15) is 0 Å². The van der Waals surface area contributed by atoms with Crippen molar-refractivity contribution in [3.05, 3.63) is 41.0 Å². The summed E-state index contributed by atoms with van der Waals surface area (Å²) in [4.78, 5) is 0. The van der Waals surface area contributed by atoms with E-state index in [1.807, 2.05) is 12.1 Å². The topological polar surface area (TPSA) is 57.2 Å². The Hall–Kier alpha value is -2.56. The maximum absolute atomic E-state index is 10.2. The van der Waals surface area contributed by atoms with Crippen LogP contribution in [0.2, 0.25) is 0 Å². The smallest absolute Gasteiger partial charge is 0.231 e. The van der Waals surface area contributed by atoms with Crippen LogP contribution < -0.4 is 18.9 Å². The van der Waals surface area contributed by atoms with Crippen LogP contribution >= 0.6 is 0 Å². The number of fused-ring (bicyclic) bond motifs is 2. The normalized spacial score (nSPS) is 20.9. The van der Waals surface area contributed by atoms with Crippen molar-refractivity contribution in [1.82, 2.24) is 0 Å². The van der Waals surface area contributed by atoms with Gasteiger partial charge in [0.05, 0.1) is 14.2 Å². The summed E-state index contributed by atoms with van der Waals surface area (Å²) in [5.74, 6) is 3.18. The number of aromatic hydroxyl groups is 1.